The summed E-state index contributed by atoms with van der Waals surface area (Å²) in [7, 11) is 1.61. The first-order valence-corrected chi connectivity index (χ1v) is 12.9. The largest absolute Gasteiger partial charge is 0.377 e. The summed E-state index contributed by atoms with van der Waals surface area (Å²) in [6.45, 7) is 0.315. The van der Waals surface area contributed by atoms with Crippen molar-refractivity contribution in [3.63, 3.8) is 0 Å². The molecule has 1 N–H and O–H groups in total. The van der Waals surface area contributed by atoms with Crippen molar-refractivity contribution in [2.75, 3.05) is 18.2 Å². The Balaban J connectivity index is 1.33. The molecule has 0 aliphatic heterocycles. The Morgan fingerprint density at radius 3 is 2.61 bits per heavy atom. The Bertz CT molecular complexity index is 1200. The highest BCUT2D eigenvalue weighted by Gasteiger charge is 2.16. The highest BCUT2D eigenvalue weighted by atomic mass is 35.5. The third-order valence-corrected chi connectivity index (χ3v) is 7.47. The van der Waals surface area contributed by atoms with Crippen LogP contribution in [0.25, 0.3) is 5.69 Å². The van der Waals surface area contributed by atoms with Gasteiger partial charge in [0, 0.05) is 23.6 Å². The molecule has 4 aromatic rings. The lowest BCUT2D eigenvalue weighted by Gasteiger charge is -2.09. The molecule has 0 aliphatic rings. The number of halogens is 1. The van der Waals surface area contributed by atoms with Crippen molar-refractivity contribution < 1.29 is 9.53 Å². The Morgan fingerprint density at radius 2 is 1.85 bits per heavy atom. The summed E-state index contributed by atoms with van der Waals surface area (Å²) in [6.07, 6.45) is 0. The summed E-state index contributed by atoms with van der Waals surface area (Å²) in [5.74, 6) is 1.37. The van der Waals surface area contributed by atoms with Crippen LogP contribution in [-0.4, -0.2) is 43.7 Å². The molecule has 33 heavy (non-hydrogen) atoms. The molecule has 2 heterocycles. The molecule has 0 bridgehead atoms. The SMILES string of the molecule is COCc1nnc(SCC(=O)Nc2nnc(SCc3ccc(Cl)cc3)s2)n1-c1ccccc1. The van der Waals surface area contributed by atoms with Gasteiger partial charge in [-0.1, -0.05) is 76.8 Å². The van der Waals surface area contributed by atoms with Gasteiger partial charge in [-0.25, -0.2) is 0 Å². The third kappa shape index (κ3) is 6.55. The first-order chi connectivity index (χ1) is 16.1. The highest BCUT2D eigenvalue weighted by molar-refractivity contribution is 8.00. The molecular weight excluding hydrogens is 500 g/mol. The molecule has 0 saturated heterocycles. The quantitative estimate of drug-likeness (QED) is 0.233. The van der Waals surface area contributed by atoms with E-state index in [9.17, 15) is 4.79 Å². The van der Waals surface area contributed by atoms with Crippen molar-refractivity contribution in [2.24, 2.45) is 0 Å². The number of para-hydroxylation sites is 1. The number of anilines is 1. The van der Waals surface area contributed by atoms with Crippen LogP contribution in [0.1, 0.15) is 11.4 Å². The lowest BCUT2D eigenvalue weighted by molar-refractivity contribution is -0.113. The van der Waals surface area contributed by atoms with E-state index in [0.29, 0.717) is 27.7 Å². The smallest absolute Gasteiger partial charge is 0.236 e. The minimum absolute atomic E-state index is 0.158. The van der Waals surface area contributed by atoms with Crippen LogP contribution >= 0.6 is 46.5 Å². The van der Waals surface area contributed by atoms with Gasteiger partial charge < -0.3 is 4.74 Å². The van der Waals surface area contributed by atoms with Crippen molar-refractivity contribution in [3.05, 3.63) is 71.0 Å². The minimum Gasteiger partial charge on any atom is -0.377 e. The summed E-state index contributed by atoms with van der Waals surface area (Å²) < 4.78 is 7.90. The molecule has 170 valence electrons. The number of ether oxygens (including phenoxy) is 1. The average Bonchev–Trinajstić information content (AvgIpc) is 3.45. The number of methoxy groups -OCH3 is 1. The van der Waals surface area contributed by atoms with E-state index >= 15 is 0 Å². The Hall–Kier alpha value is -2.44. The number of rotatable bonds is 10. The van der Waals surface area contributed by atoms with E-state index in [2.05, 4.69) is 25.7 Å². The van der Waals surface area contributed by atoms with Crippen LogP contribution in [0, 0.1) is 0 Å². The zero-order valence-electron chi connectivity index (χ0n) is 17.5. The summed E-state index contributed by atoms with van der Waals surface area (Å²) in [5.41, 5.74) is 2.04. The zero-order chi connectivity index (χ0) is 23.0. The highest BCUT2D eigenvalue weighted by Crippen LogP contribution is 2.29. The van der Waals surface area contributed by atoms with E-state index in [4.69, 9.17) is 16.3 Å². The molecule has 0 aliphatic carbocycles. The Kier molecular flexibility index (Phi) is 8.35. The second-order valence-corrected chi connectivity index (χ2v) is 10.2. The van der Waals surface area contributed by atoms with Gasteiger partial charge in [0.25, 0.3) is 0 Å². The molecule has 2 aromatic carbocycles. The molecule has 0 saturated carbocycles. The third-order valence-electron chi connectivity index (χ3n) is 4.25. The van der Waals surface area contributed by atoms with Gasteiger partial charge in [-0.3, -0.25) is 14.7 Å². The monoisotopic (exact) mass is 518 g/mol. The second kappa shape index (κ2) is 11.6. The van der Waals surface area contributed by atoms with Crippen LogP contribution in [0.4, 0.5) is 5.13 Å². The molecule has 0 atom stereocenters. The maximum atomic E-state index is 12.5. The number of carbonyl (C=O) groups excluding carboxylic acids is 1. The molecule has 0 spiro atoms. The molecule has 4 rings (SSSR count). The van der Waals surface area contributed by atoms with E-state index in [1.165, 1.54) is 23.1 Å². The maximum absolute atomic E-state index is 12.5. The van der Waals surface area contributed by atoms with Crippen molar-refractivity contribution in [1.29, 1.82) is 0 Å². The van der Waals surface area contributed by atoms with Gasteiger partial charge >= 0.3 is 0 Å². The number of hydrogen-bond acceptors (Lipinski definition) is 9. The van der Waals surface area contributed by atoms with Crippen LogP contribution in [0.15, 0.2) is 64.1 Å². The van der Waals surface area contributed by atoms with Crippen LogP contribution in [0.2, 0.25) is 5.02 Å². The van der Waals surface area contributed by atoms with E-state index in [1.807, 2.05) is 59.2 Å². The summed E-state index contributed by atoms with van der Waals surface area (Å²) in [4.78, 5) is 12.5. The number of benzene rings is 2. The number of amides is 1. The van der Waals surface area contributed by atoms with Crippen molar-refractivity contribution in [1.82, 2.24) is 25.0 Å². The summed E-state index contributed by atoms with van der Waals surface area (Å²) in [5, 5.41) is 21.2. The van der Waals surface area contributed by atoms with E-state index < -0.39 is 0 Å². The number of thioether (sulfide) groups is 2. The van der Waals surface area contributed by atoms with E-state index in [-0.39, 0.29) is 11.7 Å². The second-order valence-electron chi connectivity index (χ2n) is 6.63. The Morgan fingerprint density at radius 1 is 1.06 bits per heavy atom. The van der Waals surface area contributed by atoms with Gasteiger partial charge in [0.15, 0.2) is 15.3 Å². The summed E-state index contributed by atoms with van der Waals surface area (Å²) >= 11 is 10.1. The standard InChI is InChI=1S/C21H19ClN6O2S3/c1-30-11-17-24-26-20(28(17)16-5-3-2-4-6-16)31-13-18(29)23-19-25-27-21(33-19)32-12-14-7-9-15(22)10-8-14/h2-10H,11-13H2,1H3,(H,23,25,29). The van der Waals surface area contributed by atoms with Crippen LogP contribution < -0.4 is 5.32 Å². The zero-order valence-corrected chi connectivity index (χ0v) is 20.7. The molecule has 0 radical (unpaired) electrons. The Labute approximate surface area is 208 Å². The maximum Gasteiger partial charge on any atom is 0.236 e. The number of nitrogens with zero attached hydrogens (tertiary/aromatic N) is 5. The topological polar surface area (TPSA) is 94.8 Å². The first kappa shape index (κ1) is 23.7. The first-order valence-electron chi connectivity index (χ1n) is 9.74. The molecule has 0 unspecified atom stereocenters. The van der Waals surface area contributed by atoms with Gasteiger partial charge in [0.05, 0.1) is 5.75 Å². The van der Waals surface area contributed by atoms with Gasteiger partial charge in [0.2, 0.25) is 11.0 Å². The summed E-state index contributed by atoms with van der Waals surface area (Å²) in [6, 6.07) is 17.4. The van der Waals surface area contributed by atoms with Crippen LogP contribution in [0.5, 0.6) is 0 Å². The molecule has 0 fully saturated rings. The number of aromatic nitrogens is 5. The van der Waals surface area contributed by atoms with Gasteiger partial charge in [-0.05, 0) is 29.8 Å². The van der Waals surface area contributed by atoms with Gasteiger partial charge in [-0.2, -0.15) is 0 Å². The van der Waals surface area contributed by atoms with E-state index in [0.717, 1.165) is 21.3 Å². The minimum atomic E-state index is -0.193. The normalized spacial score (nSPS) is 11.0. The van der Waals surface area contributed by atoms with Gasteiger partial charge in [0.1, 0.15) is 6.61 Å². The molecule has 1 amide bonds. The molecule has 2 aromatic heterocycles. The molecular formula is C21H19ClN6O2S3. The fourth-order valence-corrected chi connectivity index (χ4v) is 5.40. The lowest BCUT2D eigenvalue weighted by Crippen LogP contribution is -2.14. The van der Waals surface area contributed by atoms with Crippen molar-refractivity contribution in [2.45, 2.75) is 21.9 Å². The van der Waals surface area contributed by atoms with Gasteiger partial charge in [-0.15, -0.1) is 20.4 Å². The predicted octanol–water partition coefficient (Wildman–Crippen LogP) is 4.94. The molecule has 12 heteroatoms. The molecule has 8 nitrogen and oxygen atoms in total. The fourth-order valence-electron chi connectivity index (χ4n) is 2.78. The van der Waals surface area contributed by atoms with E-state index in [1.54, 1.807) is 18.9 Å². The van der Waals surface area contributed by atoms with Crippen LogP contribution in [-0.2, 0) is 21.9 Å². The number of nitrogens with one attached hydrogen (secondary N) is 1. The van der Waals surface area contributed by atoms with Crippen molar-refractivity contribution in [3.8, 4) is 5.69 Å². The fraction of sp³-hybridized carbons (Fsp3) is 0.190. The lowest BCUT2D eigenvalue weighted by atomic mass is 10.2. The number of hydrogen-bond donors (Lipinski definition) is 1. The van der Waals surface area contributed by atoms with Crippen molar-refractivity contribution >= 4 is 57.5 Å². The number of carbonyl (C=O) groups is 1. The average molecular weight is 519 g/mol. The van der Waals surface area contributed by atoms with Crippen LogP contribution in [0.3, 0.4) is 0 Å². The predicted molar refractivity (Wildman–Crippen MR) is 132 cm³/mol.